The van der Waals surface area contributed by atoms with Crippen LogP contribution in [-0.4, -0.2) is 20.2 Å². The zero-order valence-corrected chi connectivity index (χ0v) is 13.0. The molecule has 0 aromatic heterocycles. The summed E-state index contributed by atoms with van der Waals surface area (Å²) in [5, 5.41) is -0.0359. The van der Waals surface area contributed by atoms with Gasteiger partial charge in [-0.1, -0.05) is 30.3 Å². The number of alkyl halides is 1. The van der Waals surface area contributed by atoms with E-state index in [-0.39, 0.29) is 5.38 Å². The van der Waals surface area contributed by atoms with Crippen LogP contribution in [0, 0.1) is 0 Å². The molecule has 1 heterocycles. The lowest BCUT2D eigenvalue weighted by Crippen LogP contribution is -2.32. The number of aryl methyl sites for hydroxylation is 1. The van der Waals surface area contributed by atoms with Crippen LogP contribution in [0.15, 0.2) is 48.5 Å². The molecule has 110 valence electrons. The Kier molecular flexibility index (Phi) is 4.35. The van der Waals surface area contributed by atoms with Gasteiger partial charge in [0.05, 0.1) is 12.5 Å². The maximum atomic E-state index is 6.64. The Balaban J connectivity index is 1.77. The van der Waals surface area contributed by atoms with Crippen molar-refractivity contribution in [2.24, 2.45) is 0 Å². The summed E-state index contributed by atoms with van der Waals surface area (Å²) in [4.78, 5) is 2.40. The average molecular weight is 302 g/mol. The van der Waals surface area contributed by atoms with Crippen LogP contribution in [0.3, 0.4) is 0 Å². The molecule has 0 bridgehead atoms. The Morgan fingerprint density at radius 2 is 2.05 bits per heavy atom. The first-order valence-corrected chi connectivity index (χ1v) is 7.82. The molecule has 1 atom stereocenters. The smallest absolute Gasteiger partial charge is 0.119 e. The first kappa shape index (κ1) is 14.3. The van der Waals surface area contributed by atoms with E-state index in [1.807, 2.05) is 18.2 Å². The number of ether oxygens (including phenoxy) is 1. The number of anilines is 1. The predicted octanol–water partition coefficient (Wildman–Crippen LogP) is 4.43. The second-order valence-electron chi connectivity index (χ2n) is 5.42. The van der Waals surface area contributed by atoms with Crippen molar-refractivity contribution in [1.82, 2.24) is 0 Å². The highest BCUT2D eigenvalue weighted by Crippen LogP contribution is 2.31. The number of hydrogen-bond donors (Lipinski definition) is 0. The van der Waals surface area contributed by atoms with Crippen molar-refractivity contribution in [2.75, 3.05) is 25.1 Å². The highest BCUT2D eigenvalue weighted by molar-refractivity contribution is 6.21. The predicted molar refractivity (Wildman–Crippen MR) is 88.6 cm³/mol. The van der Waals surface area contributed by atoms with Gasteiger partial charge in [0.25, 0.3) is 0 Å². The SMILES string of the molecule is COc1cccc(C(Cl)CN2CCCc3ccccc32)c1. The summed E-state index contributed by atoms with van der Waals surface area (Å²) in [6.07, 6.45) is 2.36. The molecule has 3 rings (SSSR count). The molecule has 0 saturated carbocycles. The van der Waals surface area contributed by atoms with E-state index < -0.39 is 0 Å². The molecule has 0 aliphatic carbocycles. The van der Waals surface area contributed by atoms with Gasteiger partial charge in [-0.15, -0.1) is 11.6 Å². The van der Waals surface area contributed by atoms with Crippen LogP contribution in [0.5, 0.6) is 5.75 Å². The second-order valence-corrected chi connectivity index (χ2v) is 5.95. The third-order valence-corrected chi connectivity index (χ3v) is 4.43. The second kappa shape index (κ2) is 6.40. The average Bonchev–Trinajstić information content (AvgIpc) is 2.55. The third kappa shape index (κ3) is 3.16. The lowest BCUT2D eigenvalue weighted by atomic mass is 10.0. The Labute approximate surface area is 131 Å². The van der Waals surface area contributed by atoms with E-state index in [1.165, 1.54) is 24.1 Å². The molecule has 0 radical (unpaired) electrons. The first-order chi connectivity index (χ1) is 10.3. The van der Waals surface area contributed by atoms with Gasteiger partial charge in [-0.3, -0.25) is 0 Å². The molecule has 0 saturated heterocycles. The molecular weight excluding hydrogens is 282 g/mol. The quantitative estimate of drug-likeness (QED) is 0.775. The van der Waals surface area contributed by atoms with Crippen LogP contribution in [-0.2, 0) is 6.42 Å². The van der Waals surface area contributed by atoms with Gasteiger partial charge < -0.3 is 9.64 Å². The maximum Gasteiger partial charge on any atom is 0.119 e. The summed E-state index contributed by atoms with van der Waals surface area (Å²) in [6.45, 7) is 1.90. The van der Waals surface area contributed by atoms with E-state index in [1.54, 1.807) is 7.11 Å². The zero-order chi connectivity index (χ0) is 14.7. The third-order valence-electron chi connectivity index (χ3n) is 4.04. The largest absolute Gasteiger partial charge is 0.497 e. The van der Waals surface area contributed by atoms with E-state index in [4.69, 9.17) is 16.3 Å². The number of benzene rings is 2. The Morgan fingerprint density at radius 3 is 2.90 bits per heavy atom. The van der Waals surface area contributed by atoms with Crippen molar-refractivity contribution in [3.8, 4) is 5.75 Å². The number of para-hydroxylation sites is 1. The number of halogens is 1. The molecule has 0 amide bonds. The van der Waals surface area contributed by atoms with Crippen molar-refractivity contribution in [1.29, 1.82) is 0 Å². The van der Waals surface area contributed by atoms with E-state index in [2.05, 4.69) is 35.2 Å². The lowest BCUT2D eigenvalue weighted by Gasteiger charge is -2.32. The monoisotopic (exact) mass is 301 g/mol. The minimum atomic E-state index is -0.0359. The summed E-state index contributed by atoms with van der Waals surface area (Å²) in [7, 11) is 1.68. The van der Waals surface area contributed by atoms with Gasteiger partial charge in [-0.2, -0.15) is 0 Å². The van der Waals surface area contributed by atoms with Gasteiger partial charge in [0.1, 0.15) is 5.75 Å². The fourth-order valence-corrected chi connectivity index (χ4v) is 3.24. The molecule has 1 unspecified atom stereocenters. The minimum absolute atomic E-state index is 0.0359. The van der Waals surface area contributed by atoms with Gasteiger partial charge in [0.15, 0.2) is 0 Å². The molecule has 0 N–H and O–H groups in total. The highest BCUT2D eigenvalue weighted by Gasteiger charge is 2.20. The van der Waals surface area contributed by atoms with Gasteiger partial charge >= 0.3 is 0 Å². The normalized spacial score (nSPS) is 15.4. The number of nitrogens with zero attached hydrogens (tertiary/aromatic N) is 1. The van der Waals surface area contributed by atoms with Crippen LogP contribution < -0.4 is 9.64 Å². The van der Waals surface area contributed by atoms with Gasteiger partial charge in [0, 0.05) is 18.8 Å². The Bertz CT molecular complexity index is 614. The minimum Gasteiger partial charge on any atom is -0.497 e. The lowest BCUT2D eigenvalue weighted by molar-refractivity contribution is 0.414. The molecule has 0 fully saturated rings. The summed E-state index contributed by atoms with van der Waals surface area (Å²) >= 11 is 6.64. The maximum absolute atomic E-state index is 6.64. The fourth-order valence-electron chi connectivity index (χ4n) is 2.94. The standard InChI is InChI=1S/C18H20ClNO/c1-21-16-9-4-7-15(12-16)17(19)13-20-11-5-8-14-6-2-3-10-18(14)20/h2-4,6-7,9-10,12,17H,5,8,11,13H2,1H3. The Morgan fingerprint density at radius 1 is 1.19 bits per heavy atom. The number of rotatable bonds is 4. The molecule has 3 heteroatoms. The van der Waals surface area contributed by atoms with Crippen LogP contribution >= 0.6 is 11.6 Å². The van der Waals surface area contributed by atoms with E-state index >= 15 is 0 Å². The first-order valence-electron chi connectivity index (χ1n) is 7.39. The molecule has 1 aliphatic rings. The molecular formula is C18H20ClNO. The summed E-state index contributed by atoms with van der Waals surface area (Å²) in [5.74, 6) is 0.859. The van der Waals surface area contributed by atoms with Crippen molar-refractivity contribution >= 4 is 17.3 Å². The number of fused-ring (bicyclic) bond motifs is 1. The summed E-state index contributed by atoms with van der Waals surface area (Å²) in [6, 6.07) is 16.7. The fraction of sp³-hybridized carbons (Fsp3) is 0.333. The summed E-state index contributed by atoms with van der Waals surface area (Å²) in [5.41, 5.74) is 3.87. The van der Waals surface area contributed by atoms with Crippen LogP contribution in [0.25, 0.3) is 0 Å². The topological polar surface area (TPSA) is 12.5 Å². The number of methoxy groups -OCH3 is 1. The van der Waals surface area contributed by atoms with Crippen LogP contribution in [0.1, 0.15) is 22.9 Å². The van der Waals surface area contributed by atoms with Crippen molar-refractivity contribution in [3.63, 3.8) is 0 Å². The van der Waals surface area contributed by atoms with Gasteiger partial charge in [0.2, 0.25) is 0 Å². The molecule has 21 heavy (non-hydrogen) atoms. The van der Waals surface area contributed by atoms with Crippen LogP contribution in [0.4, 0.5) is 5.69 Å². The molecule has 2 aromatic rings. The van der Waals surface area contributed by atoms with E-state index in [0.29, 0.717) is 0 Å². The number of hydrogen-bond acceptors (Lipinski definition) is 2. The van der Waals surface area contributed by atoms with Gasteiger partial charge in [-0.25, -0.2) is 0 Å². The van der Waals surface area contributed by atoms with E-state index in [0.717, 1.165) is 24.4 Å². The molecule has 0 spiro atoms. The van der Waals surface area contributed by atoms with Gasteiger partial charge in [-0.05, 0) is 42.2 Å². The zero-order valence-electron chi connectivity index (χ0n) is 12.3. The van der Waals surface area contributed by atoms with Crippen LogP contribution in [0.2, 0.25) is 0 Å². The molecule has 2 aromatic carbocycles. The Hall–Kier alpha value is -1.67. The highest BCUT2D eigenvalue weighted by atomic mass is 35.5. The molecule has 2 nitrogen and oxygen atoms in total. The van der Waals surface area contributed by atoms with Crippen molar-refractivity contribution in [2.45, 2.75) is 18.2 Å². The van der Waals surface area contributed by atoms with Crippen molar-refractivity contribution < 1.29 is 4.74 Å². The summed E-state index contributed by atoms with van der Waals surface area (Å²) < 4.78 is 5.28. The van der Waals surface area contributed by atoms with E-state index in [9.17, 15) is 0 Å². The molecule has 1 aliphatic heterocycles. The van der Waals surface area contributed by atoms with Crippen molar-refractivity contribution in [3.05, 3.63) is 59.7 Å².